The van der Waals surface area contributed by atoms with Gasteiger partial charge < -0.3 is 5.73 Å². The maximum absolute atomic E-state index is 6.28. The van der Waals surface area contributed by atoms with Crippen molar-refractivity contribution >= 4 is 0 Å². The van der Waals surface area contributed by atoms with Gasteiger partial charge in [-0.1, -0.05) is 12.1 Å². The molecule has 0 saturated heterocycles. The fraction of sp³-hybridized carbons (Fsp3) is 0.167. The van der Waals surface area contributed by atoms with Crippen LogP contribution in [0.3, 0.4) is 0 Å². The van der Waals surface area contributed by atoms with Crippen molar-refractivity contribution < 1.29 is 0 Å². The topological polar surface area (TPSA) is 51.8 Å². The molecule has 2 N–H and O–H groups in total. The number of rotatable bonds is 2. The lowest BCUT2D eigenvalue weighted by Crippen LogP contribution is -2.34. The molecule has 0 bridgehead atoms. The van der Waals surface area contributed by atoms with E-state index < -0.39 is 5.54 Å². The molecule has 3 nitrogen and oxygen atoms in total. The number of nitrogens with zero attached hydrogens (tertiary/aromatic N) is 2. The fourth-order valence-electron chi connectivity index (χ4n) is 1.51. The highest BCUT2D eigenvalue weighted by Crippen LogP contribution is 2.24. The average molecular weight is 199 g/mol. The molecular formula is C12H13N3. The molecule has 2 aromatic heterocycles. The molecule has 0 atom stereocenters. The summed E-state index contributed by atoms with van der Waals surface area (Å²) in [5, 5.41) is 0. The van der Waals surface area contributed by atoms with Crippen molar-refractivity contribution in [2.24, 2.45) is 5.73 Å². The van der Waals surface area contributed by atoms with E-state index in [1.54, 1.807) is 24.8 Å². The number of pyridine rings is 2. The minimum absolute atomic E-state index is 0.539. The van der Waals surface area contributed by atoms with Gasteiger partial charge >= 0.3 is 0 Å². The zero-order chi connectivity index (χ0) is 10.7. The van der Waals surface area contributed by atoms with Gasteiger partial charge in [0.2, 0.25) is 0 Å². The Morgan fingerprint density at radius 1 is 1.00 bits per heavy atom. The Morgan fingerprint density at radius 3 is 1.80 bits per heavy atom. The Balaban J connectivity index is 2.44. The second-order valence-corrected chi connectivity index (χ2v) is 3.69. The molecule has 0 unspecified atom stereocenters. The molecular weight excluding hydrogens is 186 g/mol. The van der Waals surface area contributed by atoms with Gasteiger partial charge in [0.15, 0.2) is 0 Å². The second kappa shape index (κ2) is 3.79. The van der Waals surface area contributed by atoms with Gasteiger partial charge in [-0.3, -0.25) is 9.97 Å². The van der Waals surface area contributed by atoms with E-state index in [1.165, 1.54) is 0 Å². The molecule has 0 aromatic carbocycles. The van der Waals surface area contributed by atoms with Gasteiger partial charge in [0.05, 0.1) is 5.54 Å². The van der Waals surface area contributed by atoms with Gasteiger partial charge in [-0.15, -0.1) is 0 Å². The van der Waals surface area contributed by atoms with Gasteiger partial charge in [-0.05, 0) is 30.2 Å². The highest BCUT2D eigenvalue weighted by molar-refractivity contribution is 5.33. The van der Waals surface area contributed by atoms with Crippen molar-refractivity contribution in [1.82, 2.24) is 9.97 Å². The van der Waals surface area contributed by atoms with Crippen LogP contribution in [0.1, 0.15) is 18.1 Å². The summed E-state index contributed by atoms with van der Waals surface area (Å²) in [5.41, 5.74) is 7.71. The smallest absolute Gasteiger partial charge is 0.0667 e. The van der Waals surface area contributed by atoms with Crippen LogP contribution in [0.15, 0.2) is 49.1 Å². The summed E-state index contributed by atoms with van der Waals surface area (Å²) in [7, 11) is 0. The molecule has 0 aliphatic heterocycles. The summed E-state index contributed by atoms with van der Waals surface area (Å²) < 4.78 is 0. The number of nitrogens with two attached hydrogens (primary N) is 1. The molecule has 0 saturated carbocycles. The summed E-state index contributed by atoms with van der Waals surface area (Å²) in [6, 6.07) is 7.72. The quantitative estimate of drug-likeness (QED) is 0.800. The Hall–Kier alpha value is -1.74. The van der Waals surface area contributed by atoms with E-state index in [0.717, 1.165) is 11.1 Å². The summed E-state index contributed by atoms with van der Waals surface area (Å²) in [6.45, 7) is 1.96. The Labute approximate surface area is 89.0 Å². The van der Waals surface area contributed by atoms with Crippen LogP contribution >= 0.6 is 0 Å². The van der Waals surface area contributed by atoms with E-state index in [4.69, 9.17) is 5.73 Å². The summed E-state index contributed by atoms with van der Waals surface area (Å²) in [5.74, 6) is 0. The molecule has 0 spiro atoms. The van der Waals surface area contributed by atoms with Crippen molar-refractivity contribution in [1.29, 1.82) is 0 Å². The maximum Gasteiger partial charge on any atom is 0.0667 e. The molecule has 76 valence electrons. The molecule has 2 heterocycles. The lowest BCUT2D eigenvalue weighted by atomic mass is 9.88. The average Bonchev–Trinajstić information content (AvgIpc) is 2.31. The molecule has 0 aliphatic carbocycles. The summed E-state index contributed by atoms with van der Waals surface area (Å²) in [6.07, 6.45) is 7.05. The van der Waals surface area contributed by atoms with Crippen LogP contribution in [-0.2, 0) is 5.54 Å². The first-order valence-electron chi connectivity index (χ1n) is 4.81. The maximum atomic E-state index is 6.28. The normalized spacial score (nSPS) is 11.3. The van der Waals surface area contributed by atoms with Crippen LogP contribution in [0.4, 0.5) is 0 Å². The molecule has 15 heavy (non-hydrogen) atoms. The molecule has 0 fully saturated rings. The van der Waals surface area contributed by atoms with Crippen LogP contribution in [0.5, 0.6) is 0 Å². The molecule has 2 aromatic rings. The predicted octanol–water partition coefficient (Wildman–Crippen LogP) is 1.70. The van der Waals surface area contributed by atoms with E-state index in [-0.39, 0.29) is 0 Å². The Morgan fingerprint density at radius 2 is 1.47 bits per heavy atom. The van der Waals surface area contributed by atoms with Crippen LogP contribution in [0.25, 0.3) is 0 Å². The van der Waals surface area contributed by atoms with Crippen molar-refractivity contribution in [2.45, 2.75) is 12.5 Å². The zero-order valence-corrected chi connectivity index (χ0v) is 8.59. The number of hydrogen-bond acceptors (Lipinski definition) is 3. The minimum atomic E-state index is -0.539. The molecule has 0 amide bonds. The van der Waals surface area contributed by atoms with Crippen LogP contribution in [0.2, 0.25) is 0 Å². The van der Waals surface area contributed by atoms with Crippen molar-refractivity contribution in [3.8, 4) is 0 Å². The highest BCUT2D eigenvalue weighted by atomic mass is 14.8. The summed E-state index contributed by atoms with van der Waals surface area (Å²) >= 11 is 0. The monoisotopic (exact) mass is 199 g/mol. The second-order valence-electron chi connectivity index (χ2n) is 3.69. The van der Waals surface area contributed by atoms with E-state index in [1.807, 2.05) is 31.2 Å². The standard InChI is InChI=1S/C12H13N3/c1-12(13,10-4-2-6-14-8-10)11-5-3-7-15-9-11/h2-9H,13H2,1H3. The lowest BCUT2D eigenvalue weighted by Gasteiger charge is -2.24. The zero-order valence-electron chi connectivity index (χ0n) is 8.59. The van der Waals surface area contributed by atoms with E-state index in [0.29, 0.717) is 0 Å². The predicted molar refractivity (Wildman–Crippen MR) is 59.1 cm³/mol. The van der Waals surface area contributed by atoms with Crippen LogP contribution in [0, 0.1) is 0 Å². The van der Waals surface area contributed by atoms with Crippen LogP contribution < -0.4 is 5.73 Å². The van der Waals surface area contributed by atoms with Crippen molar-refractivity contribution in [2.75, 3.05) is 0 Å². The molecule has 0 radical (unpaired) electrons. The lowest BCUT2D eigenvalue weighted by molar-refractivity contribution is 0.597. The summed E-state index contributed by atoms with van der Waals surface area (Å²) in [4.78, 5) is 8.15. The minimum Gasteiger partial charge on any atom is -0.318 e. The fourth-order valence-corrected chi connectivity index (χ4v) is 1.51. The van der Waals surface area contributed by atoms with E-state index >= 15 is 0 Å². The van der Waals surface area contributed by atoms with Crippen molar-refractivity contribution in [3.63, 3.8) is 0 Å². The number of hydrogen-bond donors (Lipinski definition) is 1. The Kier molecular flexibility index (Phi) is 2.47. The molecule has 3 heteroatoms. The first kappa shape index (κ1) is 9.80. The van der Waals surface area contributed by atoms with Gasteiger partial charge in [-0.2, -0.15) is 0 Å². The third-order valence-electron chi connectivity index (χ3n) is 2.52. The van der Waals surface area contributed by atoms with Crippen molar-refractivity contribution in [3.05, 3.63) is 60.2 Å². The highest BCUT2D eigenvalue weighted by Gasteiger charge is 2.23. The third kappa shape index (κ3) is 1.87. The first-order valence-corrected chi connectivity index (χ1v) is 4.81. The van der Waals surface area contributed by atoms with Gasteiger partial charge in [0.1, 0.15) is 0 Å². The Bertz CT molecular complexity index is 382. The molecule has 2 rings (SSSR count). The van der Waals surface area contributed by atoms with Gasteiger partial charge in [0, 0.05) is 24.8 Å². The van der Waals surface area contributed by atoms with E-state index in [2.05, 4.69) is 9.97 Å². The first-order chi connectivity index (χ1) is 7.21. The third-order valence-corrected chi connectivity index (χ3v) is 2.52. The van der Waals surface area contributed by atoms with Gasteiger partial charge in [-0.25, -0.2) is 0 Å². The van der Waals surface area contributed by atoms with Gasteiger partial charge in [0.25, 0.3) is 0 Å². The van der Waals surface area contributed by atoms with E-state index in [9.17, 15) is 0 Å². The van der Waals surface area contributed by atoms with Crippen LogP contribution in [-0.4, -0.2) is 9.97 Å². The molecule has 0 aliphatic rings. The largest absolute Gasteiger partial charge is 0.318 e. The number of aromatic nitrogens is 2. The SMILES string of the molecule is CC(N)(c1cccnc1)c1cccnc1.